The van der Waals surface area contributed by atoms with Gasteiger partial charge in [-0.15, -0.1) is 0 Å². The highest BCUT2D eigenvalue weighted by Gasteiger charge is 2.28. The Balaban J connectivity index is 2.57. The lowest BCUT2D eigenvalue weighted by atomic mass is 10.1. The third-order valence-electron chi connectivity index (χ3n) is 3.32. The van der Waals surface area contributed by atoms with E-state index in [9.17, 15) is 18.0 Å². The summed E-state index contributed by atoms with van der Waals surface area (Å²) in [6, 6.07) is 3.59. The zero-order chi connectivity index (χ0) is 18.5. The Hall–Kier alpha value is -1.18. The van der Waals surface area contributed by atoms with Gasteiger partial charge in [-0.1, -0.05) is 29.3 Å². The molecule has 4 nitrogen and oxygen atoms in total. The maximum absolute atomic E-state index is 12.2. The third-order valence-corrected chi connectivity index (χ3v) is 3.88. The third kappa shape index (κ3) is 6.75. The summed E-state index contributed by atoms with van der Waals surface area (Å²) < 4.78 is 40.6. The summed E-state index contributed by atoms with van der Waals surface area (Å²) in [7, 11) is 1.56. The van der Waals surface area contributed by atoms with E-state index in [-0.39, 0.29) is 12.6 Å². The molecule has 24 heavy (non-hydrogen) atoms. The number of carbonyl (C=O) groups is 1. The van der Waals surface area contributed by atoms with Gasteiger partial charge >= 0.3 is 12.2 Å². The SMILES string of the molecule is CC(COCC(F)(F)F)NC(=O)N(C)C(C)c1ccc(Cl)cc1Cl. The fraction of sp³-hybridized carbons (Fsp3) is 0.533. The number of halogens is 5. The molecule has 0 spiro atoms. The van der Waals surface area contributed by atoms with E-state index in [2.05, 4.69) is 10.1 Å². The van der Waals surface area contributed by atoms with Crippen LogP contribution in [0.25, 0.3) is 0 Å². The lowest BCUT2D eigenvalue weighted by Crippen LogP contribution is -2.44. The highest BCUT2D eigenvalue weighted by molar-refractivity contribution is 6.35. The van der Waals surface area contributed by atoms with Gasteiger partial charge in [-0.25, -0.2) is 4.79 Å². The van der Waals surface area contributed by atoms with Crippen LogP contribution in [0.5, 0.6) is 0 Å². The molecular formula is C15H19Cl2F3N2O2. The van der Waals surface area contributed by atoms with Crippen LogP contribution in [0.2, 0.25) is 10.0 Å². The molecular weight excluding hydrogens is 368 g/mol. The number of amides is 2. The molecule has 1 N–H and O–H groups in total. The van der Waals surface area contributed by atoms with Crippen LogP contribution in [0, 0.1) is 0 Å². The Kier molecular flexibility index (Phi) is 7.63. The second kappa shape index (κ2) is 8.78. The van der Waals surface area contributed by atoms with Crippen molar-refractivity contribution < 1.29 is 22.7 Å². The average Bonchev–Trinajstić information content (AvgIpc) is 2.44. The first-order valence-electron chi connectivity index (χ1n) is 7.14. The van der Waals surface area contributed by atoms with E-state index in [0.29, 0.717) is 15.6 Å². The van der Waals surface area contributed by atoms with Crippen molar-refractivity contribution in [2.75, 3.05) is 20.3 Å². The number of ether oxygens (including phenoxy) is 1. The van der Waals surface area contributed by atoms with E-state index in [1.54, 1.807) is 39.1 Å². The summed E-state index contributed by atoms with van der Waals surface area (Å²) in [5.41, 5.74) is 0.708. The molecule has 2 amide bonds. The molecule has 0 aliphatic carbocycles. The quantitative estimate of drug-likeness (QED) is 0.771. The molecule has 1 rings (SSSR count). The van der Waals surface area contributed by atoms with Crippen LogP contribution >= 0.6 is 23.2 Å². The maximum Gasteiger partial charge on any atom is 0.411 e. The zero-order valence-corrected chi connectivity index (χ0v) is 15.0. The minimum atomic E-state index is -4.39. The van der Waals surface area contributed by atoms with Gasteiger partial charge < -0.3 is 15.0 Å². The molecule has 0 saturated heterocycles. The van der Waals surface area contributed by atoms with E-state index < -0.39 is 24.9 Å². The summed E-state index contributed by atoms with van der Waals surface area (Å²) in [5, 5.41) is 3.48. The molecule has 2 unspecified atom stereocenters. The van der Waals surface area contributed by atoms with Crippen LogP contribution < -0.4 is 5.32 Å². The molecule has 0 aromatic heterocycles. The van der Waals surface area contributed by atoms with Gasteiger partial charge in [0.1, 0.15) is 6.61 Å². The van der Waals surface area contributed by atoms with Gasteiger partial charge in [0, 0.05) is 17.1 Å². The number of nitrogens with one attached hydrogen (secondary N) is 1. The van der Waals surface area contributed by atoms with Gasteiger partial charge in [0.2, 0.25) is 0 Å². The largest absolute Gasteiger partial charge is 0.411 e. The van der Waals surface area contributed by atoms with Crippen molar-refractivity contribution in [3.05, 3.63) is 33.8 Å². The van der Waals surface area contributed by atoms with Gasteiger partial charge in [-0.3, -0.25) is 0 Å². The zero-order valence-electron chi connectivity index (χ0n) is 13.5. The van der Waals surface area contributed by atoms with Gasteiger partial charge in [0.25, 0.3) is 0 Å². The first kappa shape index (κ1) is 20.9. The maximum atomic E-state index is 12.2. The number of hydrogen-bond acceptors (Lipinski definition) is 2. The predicted octanol–water partition coefficient (Wildman–Crippen LogP) is 4.66. The number of alkyl halides is 3. The normalized spacial score (nSPS) is 14.2. The molecule has 1 aromatic carbocycles. The van der Waals surface area contributed by atoms with E-state index in [1.807, 2.05) is 0 Å². The van der Waals surface area contributed by atoms with Gasteiger partial charge in [0.05, 0.1) is 18.7 Å². The number of urea groups is 1. The summed E-state index contributed by atoms with van der Waals surface area (Å²) in [5.74, 6) is 0. The molecule has 9 heteroatoms. The second-order valence-corrected chi connectivity index (χ2v) is 6.28. The van der Waals surface area contributed by atoms with Crippen LogP contribution in [0.4, 0.5) is 18.0 Å². The van der Waals surface area contributed by atoms with Crippen LogP contribution in [0.1, 0.15) is 25.5 Å². The van der Waals surface area contributed by atoms with Crippen LogP contribution in [0.3, 0.4) is 0 Å². The highest BCUT2D eigenvalue weighted by Crippen LogP contribution is 2.29. The standard InChI is InChI=1S/C15H19Cl2F3N2O2/c1-9(7-24-8-15(18,19)20)21-14(23)22(3)10(2)12-5-4-11(16)6-13(12)17/h4-6,9-10H,7-8H2,1-3H3,(H,21,23). The van der Waals surface area contributed by atoms with Crippen molar-refractivity contribution in [3.8, 4) is 0 Å². The van der Waals surface area contributed by atoms with E-state index in [1.165, 1.54) is 4.90 Å². The molecule has 0 aliphatic heterocycles. The molecule has 0 radical (unpaired) electrons. The Morgan fingerprint density at radius 2 is 1.96 bits per heavy atom. The smallest absolute Gasteiger partial charge is 0.370 e. The fourth-order valence-electron chi connectivity index (χ4n) is 1.93. The van der Waals surface area contributed by atoms with Crippen LogP contribution in [0.15, 0.2) is 18.2 Å². The number of hydrogen-bond donors (Lipinski definition) is 1. The van der Waals surface area contributed by atoms with Crippen molar-refractivity contribution in [2.24, 2.45) is 0 Å². The van der Waals surface area contributed by atoms with Crippen molar-refractivity contribution in [2.45, 2.75) is 32.1 Å². The van der Waals surface area contributed by atoms with E-state index in [0.717, 1.165) is 0 Å². The molecule has 0 fully saturated rings. The molecule has 0 heterocycles. The van der Waals surface area contributed by atoms with Gasteiger partial charge in [-0.05, 0) is 31.5 Å². The monoisotopic (exact) mass is 386 g/mol. The Labute approximate surface area is 148 Å². The Morgan fingerprint density at radius 3 is 2.50 bits per heavy atom. The first-order valence-corrected chi connectivity index (χ1v) is 7.89. The van der Waals surface area contributed by atoms with Gasteiger partial charge in [-0.2, -0.15) is 13.2 Å². The van der Waals surface area contributed by atoms with E-state index >= 15 is 0 Å². The van der Waals surface area contributed by atoms with Crippen molar-refractivity contribution >= 4 is 29.2 Å². The Bertz CT molecular complexity index is 570. The second-order valence-electron chi connectivity index (χ2n) is 5.43. The predicted molar refractivity (Wildman–Crippen MR) is 87.5 cm³/mol. The molecule has 0 bridgehead atoms. The van der Waals surface area contributed by atoms with Crippen LogP contribution in [-0.2, 0) is 4.74 Å². The molecule has 0 aliphatic rings. The van der Waals surface area contributed by atoms with Crippen molar-refractivity contribution in [1.82, 2.24) is 10.2 Å². The number of rotatable bonds is 6. The molecule has 136 valence electrons. The average molecular weight is 387 g/mol. The van der Waals surface area contributed by atoms with E-state index in [4.69, 9.17) is 23.2 Å². The molecule has 1 aromatic rings. The molecule has 2 atom stereocenters. The summed E-state index contributed by atoms with van der Waals surface area (Å²) in [4.78, 5) is 13.6. The molecule has 0 saturated carbocycles. The lowest BCUT2D eigenvalue weighted by Gasteiger charge is -2.28. The number of nitrogens with zero attached hydrogens (tertiary/aromatic N) is 1. The summed E-state index contributed by atoms with van der Waals surface area (Å²) >= 11 is 12.0. The summed E-state index contributed by atoms with van der Waals surface area (Å²) in [6.07, 6.45) is -4.39. The first-order chi connectivity index (χ1) is 11.0. The minimum absolute atomic E-state index is 0.241. The summed E-state index contributed by atoms with van der Waals surface area (Å²) in [6.45, 7) is 1.75. The highest BCUT2D eigenvalue weighted by atomic mass is 35.5. The Morgan fingerprint density at radius 1 is 1.33 bits per heavy atom. The van der Waals surface area contributed by atoms with Crippen molar-refractivity contribution in [3.63, 3.8) is 0 Å². The fourth-order valence-corrected chi connectivity index (χ4v) is 2.50. The number of benzene rings is 1. The van der Waals surface area contributed by atoms with Crippen molar-refractivity contribution in [1.29, 1.82) is 0 Å². The lowest BCUT2D eigenvalue weighted by molar-refractivity contribution is -0.174. The topological polar surface area (TPSA) is 41.6 Å². The number of carbonyl (C=O) groups excluding carboxylic acids is 1. The van der Waals surface area contributed by atoms with Gasteiger partial charge in [0.15, 0.2) is 0 Å². The minimum Gasteiger partial charge on any atom is -0.370 e. The van der Waals surface area contributed by atoms with Crippen LogP contribution in [-0.4, -0.2) is 43.4 Å².